The van der Waals surface area contributed by atoms with E-state index in [0.29, 0.717) is 23.6 Å². The second-order valence-electron chi connectivity index (χ2n) is 9.17. The summed E-state index contributed by atoms with van der Waals surface area (Å²) in [6, 6.07) is 8.41. The van der Waals surface area contributed by atoms with E-state index < -0.39 is 5.82 Å². The molecule has 5 rings (SSSR count). The maximum absolute atomic E-state index is 14.2. The molecular formula is C26H30ClFN6O3. The lowest BCUT2D eigenvalue weighted by Crippen LogP contribution is -2.50. The van der Waals surface area contributed by atoms with Crippen molar-refractivity contribution in [3.63, 3.8) is 0 Å². The summed E-state index contributed by atoms with van der Waals surface area (Å²) in [5.74, 6) is 0.732. The number of benzene rings is 2. The van der Waals surface area contributed by atoms with Crippen molar-refractivity contribution in [2.24, 2.45) is 0 Å². The minimum Gasteiger partial charge on any atom is -0.486 e. The van der Waals surface area contributed by atoms with Gasteiger partial charge in [0.25, 0.3) is 0 Å². The fourth-order valence-electron chi connectivity index (χ4n) is 4.60. The zero-order valence-corrected chi connectivity index (χ0v) is 21.2. The summed E-state index contributed by atoms with van der Waals surface area (Å²) in [4.78, 5) is 25.2. The Hall–Kier alpha value is -3.21. The number of fused-ring (bicyclic) bond motifs is 1. The molecule has 0 bridgehead atoms. The van der Waals surface area contributed by atoms with Gasteiger partial charge >= 0.3 is 0 Å². The van der Waals surface area contributed by atoms with Gasteiger partial charge in [0.2, 0.25) is 5.91 Å². The summed E-state index contributed by atoms with van der Waals surface area (Å²) in [5, 5.41) is 7.06. The van der Waals surface area contributed by atoms with Crippen LogP contribution in [-0.2, 0) is 4.79 Å². The number of anilines is 1. The quantitative estimate of drug-likeness (QED) is 0.431. The number of aromatic nitrogens is 2. The normalized spacial score (nSPS) is 17.1. The maximum Gasteiger partial charge on any atom is 0.236 e. The summed E-state index contributed by atoms with van der Waals surface area (Å²) >= 11 is 5.87. The number of halogens is 2. The monoisotopic (exact) mass is 528 g/mol. The molecule has 2 aliphatic heterocycles. The number of piperazine rings is 1. The predicted molar refractivity (Wildman–Crippen MR) is 140 cm³/mol. The lowest BCUT2D eigenvalue weighted by Gasteiger charge is -2.34. The number of hydrogen-bond donors (Lipinski definition) is 2. The molecule has 2 fully saturated rings. The molecule has 196 valence electrons. The molecule has 0 unspecified atom stereocenters. The minimum absolute atomic E-state index is 0.0107. The van der Waals surface area contributed by atoms with Gasteiger partial charge in [0.15, 0.2) is 24.0 Å². The highest BCUT2D eigenvalue weighted by Gasteiger charge is 2.25. The molecule has 0 atom stereocenters. The maximum atomic E-state index is 14.2. The van der Waals surface area contributed by atoms with Crippen molar-refractivity contribution >= 4 is 34.1 Å². The number of amides is 1. The van der Waals surface area contributed by atoms with Crippen LogP contribution in [0.25, 0.3) is 10.9 Å². The Balaban J connectivity index is 1.21. The van der Waals surface area contributed by atoms with Crippen molar-refractivity contribution in [1.29, 1.82) is 0 Å². The highest BCUT2D eigenvalue weighted by molar-refractivity contribution is 6.31. The third-order valence-electron chi connectivity index (χ3n) is 6.67. The number of nitrogens with one attached hydrogen (secondary N) is 2. The zero-order chi connectivity index (χ0) is 25.6. The summed E-state index contributed by atoms with van der Waals surface area (Å²) < 4.78 is 26.5. The van der Waals surface area contributed by atoms with E-state index in [1.54, 1.807) is 24.4 Å². The molecule has 9 nitrogen and oxygen atoms in total. The average Bonchev–Trinajstić information content (AvgIpc) is 2.93. The van der Waals surface area contributed by atoms with Gasteiger partial charge in [-0.25, -0.2) is 14.4 Å². The molecule has 0 aliphatic carbocycles. The number of likely N-dealkylation sites (tertiary alicyclic amines) is 1. The molecule has 1 aromatic heterocycles. The van der Waals surface area contributed by atoms with Gasteiger partial charge in [-0.2, -0.15) is 0 Å². The van der Waals surface area contributed by atoms with E-state index in [4.69, 9.17) is 21.1 Å². The van der Waals surface area contributed by atoms with Crippen LogP contribution < -0.4 is 20.1 Å². The Morgan fingerprint density at radius 1 is 1.16 bits per heavy atom. The van der Waals surface area contributed by atoms with E-state index in [0.717, 1.165) is 57.5 Å². The Labute approximate surface area is 219 Å². The number of piperidine rings is 1. The number of ether oxygens (including phenoxy) is 2. The first kappa shape index (κ1) is 25.4. The van der Waals surface area contributed by atoms with Crippen molar-refractivity contribution in [3.8, 4) is 11.5 Å². The smallest absolute Gasteiger partial charge is 0.236 e. The summed E-state index contributed by atoms with van der Waals surface area (Å²) in [6.07, 6.45) is 4.77. The van der Waals surface area contributed by atoms with E-state index >= 15 is 0 Å². The fraction of sp³-hybridized carbons (Fsp3) is 0.423. The fourth-order valence-corrected chi connectivity index (χ4v) is 4.77. The molecule has 2 N–H and O–H groups in total. The van der Waals surface area contributed by atoms with Crippen LogP contribution in [0.3, 0.4) is 0 Å². The molecule has 0 spiro atoms. The van der Waals surface area contributed by atoms with Crippen molar-refractivity contribution in [3.05, 3.63) is 53.7 Å². The molecule has 3 heterocycles. The van der Waals surface area contributed by atoms with Crippen LogP contribution >= 0.6 is 11.6 Å². The topological polar surface area (TPSA) is 91.9 Å². The highest BCUT2D eigenvalue weighted by Crippen LogP contribution is 2.34. The first-order valence-electron chi connectivity index (χ1n) is 12.5. The van der Waals surface area contributed by atoms with Crippen LogP contribution in [0.15, 0.2) is 42.9 Å². The molecule has 2 aliphatic rings. The van der Waals surface area contributed by atoms with Crippen molar-refractivity contribution < 1.29 is 18.7 Å². The first-order valence-corrected chi connectivity index (χ1v) is 12.9. The van der Waals surface area contributed by atoms with E-state index in [1.807, 2.05) is 11.0 Å². The van der Waals surface area contributed by atoms with Gasteiger partial charge in [-0.15, -0.1) is 0 Å². The number of rotatable bonds is 8. The van der Waals surface area contributed by atoms with Gasteiger partial charge in [0.1, 0.15) is 12.4 Å². The van der Waals surface area contributed by atoms with Crippen molar-refractivity contribution in [2.75, 3.05) is 57.9 Å². The lowest BCUT2D eigenvalue weighted by molar-refractivity contribution is -0.133. The summed E-state index contributed by atoms with van der Waals surface area (Å²) in [5.41, 5.74) is 0.966. The van der Waals surface area contributed by atoms with E-state index in [-0.39, 0.29) is 29.5 Å². The summed E-state index contributed by atoms with van der Waals surface area (Å²) in [6.45, 7) is 5.27. The zero-order valence-electron chi connectivity index (χ0n) is 20.5. The van der Waals surface area contributed by atoms with Crippen molar-refractivity contribution in [1.82, 2.24) is 25.1 Å². The average molecular weight is 529 g/mol. The molecule has 0 saturated carbocycles. The molecule has 2 aromatic carbocycles. The van der Waals surface area contributed by atoms with E-state index in [1.165, 1.54) is 12.4 Å². The largest absolute Gasteiger partial charge is 0.486 e. The van der Waals surface area contributed by atoms with Crippen LogP contribution in [0.2, 0.25) is 5.02 Å². The number of nitrogens with zero attached hydrogens (tertiary/aromatic N) is 4. The number of carbonyl (C=O) groups is 1. The molecule has 3 aromatic rings. The third kappa shape index (κ3) is 6.38. The summed E-state index contributed by atoms with van der Waals surface area (Å²) in [7, 11) is 0. The molecular weight excluding hydrogens is 499 g/mol. The minimum atomic E-state index is -0.530. The molecule has 37 heavy (non-hydrogen) atoms. The van der Waals surface area contributed by atoms with Gasteiger partial charge in [-0.05, 0) is 31.0 Å². The lowest BCUT2D eigenvalue weighted by atomic mass is 10.1. The van der Waals surface area contributed by atoms with Gasteiger partial charge in [0, 0.05) is 56.9 Å². The van der Waals surface area contributed by atoms with Crippen LogP contribution in [0.1, 0.15) is 12.8 Å². The third-order valence-corrected chi connectivity index (χ3v) is 6.96. The molecule has 11 heteroatoms. The van der Waals surface area contributed by atoms with E-state index in [2.05, 4.69) is 25.5 Å². The highest BCUT2D eigenvalue weighted by atomic mass is 35.5. The van der Waals surface area contributed by atoms with Gasteiger partial charge < -0.3 is 25.0 Å². The molecule has 1 amide bonds. The predicted octanol–water partition coefficient (Wildman–Crippen LogP) is 3.15. The van der Waals surface area contributed by atoms with Gasteiger partial charge in [-0.3, -0.25) is 9.69 Å². The molecule has 0 radical (unpaired) electrons. The Bertz CT molecular complexity index is 1230. The Morgan fingerprint density at radius 2 is 1.97 bits per heavy atom. The van der Waals surface area contributed by atoms with Crippen LogP contribution in [0.4, 0.5) is 10.1 Å². The Morgan fingerprint density at radius 3 is 2.78 bits per heavy atom. The number of carbonyl (C=O) groups excluding carboxylic acids is 1. The first-order chi connectivity index (χ1) is 18.1. The van der Waals surface area contributed by atoms with Crippen LogP contribution in [0.5, 0.6) is 11.5 Å². The molecule has 2 saturated heterocycles. The second kappa shape index (κ2) is 11.9. The standard InChI is InChI=1S/C26H30ClFN6O3/c27-20-2-1-3-21(26(20)28)32-17-36-23-13-22-18(14-30-16-31-22)12-24(23)37-19-4-8-33(9-5-19)15-25(35)34-10-6-29-7-11-34/h1-3,12-14,16,19,29,32H,4-11,15,17H2. The second-order valence-corrected chi connectivity index (χ2v) is 9.58. The van der Waals surface area contributed by atoms with Crippen LogP contribution in [0, 0.1) is 5.82 Å². The van der Waals surface area contributed by atoms with Crippen molar-refractivity contribution in [2.45, 2.75) is 18.9 Å². The van der Waals surface area contributed by atoms with Crippen LogP contribution in [-0.4, -0.2) is 84.3 Å². The SMILES string of the molecule is O=C(CN1CCC(Oc2cc3cncnc3cc2OCNc2cccc(Cl)c2F)CC1)N1CCNCC1. The Kier molecular flexibility index (Phi) is 8.18. The van der Waals surface area contributed by atoms with Gasteiger partial charge in [-0.1, -0.05) is 17.7 Å². The van der Waals surface area contributed by atoms with E-state index in [9.17, 15) is 9.18 Å². The van der Waals surface area contributed by atoms with Gasteiger partial charge in [0.05, 0.1) is 22.8 Å². The number of hydrogen-bond acceptors (Lipinski definition) is 8.